The van der Waals surface area contributed by atoms with E-state index >= 15 is 0 Å². The van der Waals surface area contributed by atoms with Crippen LogP contribution < -0.4 is 21.9 Å². The van der Waals surface area contributed by atoms with Gasteiger partial charge >= 0.3 is 5.69 Å². The summed E-state index contributed by atoms with van der Waals surface area (Å²) < 4.78 is 16.5. The van der Waals surface area contributed by atoms with Crippen molar-refractivity contribution in [3.05, 3.63) is 87.3 Å². The van der Waals surface area contributed by atoms with E-state index in [4.69, 9.17) is 0 Å². The van der Waals surface area contributed by atoms with Crippen LogP contribution in [0.5, 0.6) is 0 Å². The third kappa shape index (κ3) is 4.81. The minimum absolute atomic E-state index is 0.00622. The van der Waals surface area contributed by atoms with Crippen LogP contribution in [0.15, 0.2) is 64.7 Å². The van der Waals surface area contributed by atoms with Crippen LogP contribution in [0.2, 0.25) is 0 Å². The van der Waals surface area contributed by atoms with Crippen molar-refractivity contribution in [1.29, 1.82) is 0 Å². The van der Waals surface area contributed by atoms with Crippen molar-refractivity contribution in [1.82, 2.24) is 24.1 Å². The van der Waals surface area contributed by atoms with E-state index in [1.807, 2.05) is 13.8 Å². The molecule has 2 aromatic heterocycles. The number of carbonyl (C=O) groups excluding carboxylic acids is 2. The van der Waals surface area contributed by atoms with Crippen molar-refractivity contribution >= 4 is 34.2 Å². The summed E-state index contributed by atoms with van der Waals surface area (Å²) in [5.41, 5.74) is -0.257. The summed E-state index contributed by atoms with van der Waals surface area (Å²) in [5.74, 6) is -1.11. The molecule has 4 aromatic rings. The highest BCUT2D eigenvalue weighted by molar-refractivity contribution is 5.98. The smallest absolute Gasteiger partial charge is 0.352 e. The van der Waals surface area contributed by atoms with Gasteiger partial charge in [0.15, 0.2) is 0 Å². The van der Waals surface area contributed by atoms with Crippen LogP contribution in [0.4, 0.5) is 10.1 Å². The van der Waals surface area contributed by atoms with Crippen LogP contribution in [0.3, 0.4) is 0 Å². The predicted octanol–water partition coefficient (Wildman–Crippen LogP) is 2.16. The van der Waals surface area contributed by atoms with Crippen LogP contribution in [-0.2, 0) is 17.9 Å². The quantitative estimate of drug-likeness (QED) is 0.366. The first-order valence-electron chi connectivity index (χ1n) is 11.3. The molecule has 0 fully saturated rings. The molecule has 0 saturated carbocycles. The number of benzene rings is 2. The summed E-state index contributed by atoms with van der Waals surface area (Å²) in [6.07, 6.45) is 1.49. The number of anilines is 1. The molecule has 0 aliphatic rings. The molecule has 0 aliphatic carbocycles. The maximum Gasteiger partial charge on any atom is 0.352 e. The molecule has 10 nitrogen and oxygen atoms in total. The fraction of sp³-hybridized carbons (Fsp3) is 0.240. The molecule has 0 bridgehead atoms. The molecule has 2 heterocycles. The molecule has 11 heteroatoms. The van der Waals surface area contributed by atoms with E-state index < -0.39 is 29.5 Å². The van der Waals surface area contributed by atoms with Crippen LogP contribution in [0.25, 0.3) is 16.7 Å². The molecule has 0 aliphatic heterocycles. The lowest BCUT2D eigenvalue weighted by Gasteiger charge is -2.10. The van der Waals surface area contributed by atoms with Gasteiger partial charge in [0.25, 0.3) is 11.5 Å². The molecule has 0 saturated heterocycles. The van der Waals surface area contributed by atoms with Gasteiger partial charge < -0.3 is 10.6 Å². The zero-order chi connectivity index (χ0) is 26.0. The minimum Gasteiger partial charge on any atom is -0.352 e. The fourth-order valence-corrected chi connectivity index (χ4v) is 3.72. The number of rotatable bonds is 8. The Balaban J connectivity index is 1.80. The lowest BCUT2D eigenvalue weighted by Crippen LogP contribution is -2.30. The van der Waals surface area contributed by atoms with Gasteiger partial charge in [-0.25, -0.2) is 18.3 Å². The third-order valence-corrected chi connectivity index (χ3v) is 5.44. The number of hydrogen-bond donors (Lipinski definition) is 2. The maximum absolute atomic E-state index is 13.3. The van der Waals surface area contributed by atoms with Gasteiger partial charge in [-0.1, -0.05) is 19.9 Å². The van der Waals surface area contributed by atoms with Crippen LogP contribution in [0.1, 0.15) is 24.2 Å². The van der Waals surface area contributed by atoms with Crippen LogP contribution in [-0.4, -0.2) is 37.1 Å². The van der Waals surface area contributed by atoms with Crippen molar-refractivity contribution in [3.8, 4) is 0 Å². The Morgan fingerprint density at radius 1 is 1.14 bits per heavy atom. The Kier molecular flexibility index (Phi) is 6.82. The summed E-state index contributed by atoms with van der Waals surface area (Å²) in [6, 6.07) is 9.65. The van der Waals surface area contributed by atoms with Gasteiger partial charge in [0.2, 0.25) is 11.7 Å². The van der Waals surface area contributed by atoms with Gasteiger partial charge in [0.05, 0.1) is 10.9 Å². The molecule has 0 atom stereocenters. The van der Waals surface area contributed by atoms with Crippen molar-refractivity contribution < 1.29 is 14.0 Å². The van der Waals surface area contributed by atoms with E-state index in [-0.39, 0.29) is 40.6 Å². The Labute approximate surface area is 204 Å². The summed E-state index contributed by atoms with van der Waals surface area (Å²) in [7, 11) is 0. The number of nitrogens with one attached hydrogen (secondary N) is 2. The average Bonchev–Trinajstić information content (AvgIpc) is 3.16. The van der Waals surface area contributed by atoms with E-state index in [1.54, 1.807) is 0 Å². The summed E-state index contributed by atoms with van der Waals surface area (Å²) in [5, 5.41) is 9.83. The second-order valence-corrected chi connectivity index (χ2v) is 8.67. The monoisotopic (exact) mass is 492 g/mol. The Hall–Kier alpha value is -4.54. The summed E-state index contributed by atoms with van der Waals surface area (Å²) in [4.78, 5) is 51.7. The van der Waals surface area contributed by atoms with Crippen molar-refractivity contribution in [3.63, 3.8) is 0 Å². The second-order valence-electron chi connectivity index (χ2n) is 8.67. The average molecular weight is 493 g/mol. The molecule has 0 radical (unpaired) electrons. The SMILES string of the molecule is C=CCn1c(=O)c2ccc(C(=O)NCC(C)C)cc2n2c(=O)n(CC(=O)Nc3ccc(F)cc3)nc12. The maximum atomic E-state index is 13.3. The van der Waals surface area contributed by atoms with Gasteiger partial charge in [-0.2, -0.15) is 0 Å². The van der Waals surface area contributed by atoms with Crippen LogP contribution >= 0.6 is 0 Å². The molecule has 2 aromatic carbocycles. The lowest BCUT2D eigenvalue weighted by molar-refractivity contribution is -0.117. The Morgan fingerprint density at radius 2 is 1.86 bits per heavy atom. The number of fused-ring (bicyclic) bond motifs is 3. The largest absolute Gasteiger partial charge is 0.352 e. The number of nitrogens with zero attached hydrogens (tertiary/aromatic N) is 4. The van der Waals surface area contributed by atoms with E-state index in [9.17, 15) is 23.6 Å². The lowest BCUT2D eigenvalue weighted by atomic mass is 10.1. The number of aromatic nitrogens is 4. The Bertz CT molecular complexity index is 1600. The molecule has 2 N–H and O–H groups in total. The van der Waals surface area contributed by atoms with E-state index in [0.717, 1.165) is 4.68 Å². The number of amides is 2. The summed E-state index contributed by atoms with van der Waals surface area (Å²) in [6.45, 7) is 7.69. The minimum atomic E-state index is -0.665. The molecular weight excluding hydrogens is 467 g/mol. The van der Waals surface area contributed by atoms with Crippen molar-refractivity contribution in [2.75, 3.05) is 11.9 Å². The zero-order valence-electron chi connectivity index (χ0n) is 19.8. The number of halogens is 1. The first kappa shape index (κ1) is 24.6. The Morgan fingerprint density at radius 3 is 2.53 bits per heavy atom. The molecular formula is C25H25FN6O4. The molecule has 186 valence electrons. The van der Waals surface area contributed by atoms with E-state index in [0.29, 0.717) is 12.2 Å². The fourth-order valence-electron chi connectivity index (χ4n) is 3.72. The van der Waals surface area contributed by atoms with Gasteiger partial charge in [0, 0.05) is 24.3 Å². The highest BCUT2D eigenvalue weighted by Crippen LogP contribution is 2.15. The highest BCUT2D eigenvalue weighted by atomic mass is 19.1. The second kappa shape index (κ2) is 9.98. The molecule has 0 unspecified atom stereocenters. The first-order chi connectivity index (χ1) is 17.2. The topological polar surface area (TPSA) is 120 Å². The van der Waals surface area contributed by atoms with Crippen molar-refractivity contribution in [2.24, 2.45) is 5.92 Å². The van der Waals surface area contributed by atoms with Crippen LogP contribution in [0, 0.1) is 11.7 Å². The van der Waals surface area contributed by atoms with Gasteiger partial charge in [-0.15, -0.1) is 11.7 Å². The summed E-state index contributed by atoms with van der Waals surface area (Å²) >= 11 is 0. The number of hydrogen-bond acceptors (Lipinski definition) is 5. The number of allylic oxidation sites excluding steroid dienone is 1. The molecule has 4 rings (SSSR count). The molecule has 2 amide bonds. The number of carbonyl (C=O) groups is 2. The van der Waals surface area contributed by atoms with E-state index in [2.05, 4.69) is 22.3 Å². The normalized spacial score (nSPS) is 11.2. The molecule has 36 heavy (non-hydrogen) atoms. The third-order valence-electron chi connectivity index (χ3n) is 5.44. The predicted molar refractivity (Wildman–Crippen MR) is 134 cm³/mol. The van der Waals surface area contributed by atoms with Crippen molar-refractivity contribution in [2.45, 2.75) is 26.9 Å². The molecule has 0 spiro atoms. The van der Waals surface area contributed by atoms with E-state index in [1.165, 1.54) is 57.5 Å². The zero-order valence-corrected chi connectivity index (χ0v) is 19.8. The van der Waals surface area contributed by atoms with Gasteiger partial charge in [-0.05, 0) is 48.4 Å². The van der Waals surface area contributed by atoms with Gasteiger partial charge in [0.1, 0.15) is 12.4 Å². The first-order valence-corrected chi connectivity index (χ1v) is 11.3. The van der Waals surface area contributed by atoms with Gasteiger partial charge in [-0.3, -0.25) is 19.0 Å². The highest BCUT2D eigenvalue weighted by Gasteiger charge is 2.20. The standard InChI is InChI=1S/C25H25FN6O4/c1-4-11-30-23(35)19-10-5-16(22(34)27-13-15(2)3)12-20(19)32-24(30)29-31(25(32)36)14-21(33)28-18-8-6-17(26)7-9-18/h4-10,12,15H,1,11,13-14H2,2-3H3,(H,27,34)(H,28,33).